The number of nitrogen functional groups attached to an aromatic ring is 1. The lowest BCUT2D eigenvalue weighted by Crippen LogP contribution is -1.91. The Hall–Kier alpha value is -2.70. The molecular formula is C11H10N6O. The number of aromatic amines is 1. The molecule has 0 aliphatic rings. The maximum atomic E-state index is 5.74. The van der Waals surface area contributed by atoms with Crippen LogP contribution in [0.1, 0.15) is 0 Å². The first-order valence-electron chi connectivity index (χ1n) is 5.24. The third-order valence-corrected chi connectivity index (χ3v) is 2.54. The van der Waals surface area contributed by atoms with Crippen molar-refractivity contribution in [2.75, 3.05) is 12.8 Å². The quantitative estimate of drug-likeness (QED) is 0.695. The molecule has 0 bridgehead atoms. The maximum Gasteiger partial charge on any atom is 0.212 e. The Kier molecular flexibility index (Phi) is 2.30. The van der Waals surface area contributed by atoms with Crippen LogP contribution in [-0.4, -0.2) is 32.0 Å². The first-order valence-corrected chi connectivity index (χ1v) is 5.24. The fourth-order valence-corrected chi connectivity index (χ4v) is 1.62. The number of methoxy groups -OCH3 is 1. The van der Waals surface area contributed by atoms with E-state index in [0.29, 0.717) is 28.7 Å². The van der Waals surface area contributed by atoms with Gasteiger partial charge in [-0.15, -0.1) is 0 Å². The van der Waals surface area contributed by atoms with E-state index in [1.807, 2.05) is 6.07 Å². The zero-order valence-corrected chi connectivity index (χ0v) is 9.58. The number of H-pyrrole nitrogens is 1. The van der Waals surface area contributed by atoms with Crippen molar-refractivity contribution in [3.05, 3.63) is 24.7 Å². The van der Waals surface area contributed by atoms with Gasteiger partial charge in [-0.05, 0) is 6.07 Å². The molecule has 0 radical (unpaired) electrons. The van der Waals surface area contributed by atoms with Gasteiger partial charge in [-0.2, -0.15) is 0 Å². The third kappa shape index (κ3) is 1.61. The van der Waals surface area contributed by atoms with E-state index in [9.17, 15) is 0 Å². The Morgan fingerprint density at radius 1 is 1.22 bits per heavy atom. The summed E-state index contributed by atoms with van der Waals surface area (Å²) in [6, 6.07) is 3.62. The Morgan fingerprint density at radius 3 is 2.78 bits per heavy atom. The zero-order chi connectivity index (χ0) is 12.5. The fourth-order valence-electron chi connectivity index (χ4n) is 1.62. The lowest BCUT2D eigenvalue weighted by Gasteiger charge is -1.98. The van der Waals surface area contributed by atoms with Crippen molar-refractivity contribution in [2.24, 2.45) is 0 Å². The number of fused-ring (bicyclic) bond motifs is 1. The Balaban J connectivity index is 2.10. The first kappa shape index (κ1) is 10.5. The molecule has 18 heavy (non-hydrogen) atoms. The van der Waals surface area contributed by atoms with E-state index < -0.39 is 0 Å². The van der Waals surface area contributed by atoms with Crippen LogP contribution >= 0.6 is 0 Å². The molecule has 0 aliphatic carbocycles. The molecule has 0 atom stereocenters. The minimum atomic E-state index is 0.375. The molecule has 0 aliphatic heterocycles. The van der Waals surface area contributed by atoms with E-state index >= 15 is 0 Å². The number of imidazole rings is 1. The highest BCUT2D eigenvalue weighted by Gasteiger charge is 2.09. The molecule has 0 aromatic carbocycles. The second-order valence-electron chi connectivity index (χ2n) is 3.63. The van der Waals surface area contributed by atoms with Crippen LogP contribution in [0, 0.1) is 0 Å². The number of anilines is 1. The maximum absolute atomic E-state index is 5.74. The lowest BCUT2D eigenvalue weighted by molar-refractivity contribution is 0.398. The highest BCUT2D eigenvalue weighted by atomic mass is 16.5. The predicted molar refractivity (Wildman–Crippen MR) is 65.9 cm³/mol. The molecule has 0 unspecified atom stereocenters. The number of nitrogens with zero attached hydrogens (tertiary/aromatic N) is 4. The van der Waals surface area contributed by atoms with Crippen molar-refractivity contribution in [1.29, 1.82) is 0 Å². The van der Waals surface area contributed by atoms with Crippen molar-refractivity contribution in [3.8, 4) is 17.3 Å². The van der Waals surface area contributed by atoms with Crippen LogP contribution in [0.15, 0.2) is 24.7 Å². The standard InChI is InChI=1S/C11H10N6O/c1-18-7-3-2-6(4-13-7)10-16-8-9(12)14-5-15-11(8)17-10/h2-5H,1H3,(H3,12,14,15,16,17). The van der Waals surface area contributed by atoms with Gasteiger partial charge in [0.05, 0.1) is 7.11 Å². The van der Waals surface area contributed by atoms with Crippen LogP contribution in [0.3, 0.4) is 0 Å². The van der Waals surface area contributed by atoms with Crippen molar-refractivity contribution >= 4 is 17.0 Å². The van der Waals surface area contributed by atoms with Gasteiger partial charge in [0.1, 0.15) is 17.7 Å². The van der Waals surface area contributed by atoms with Gasteiger partial charge in [0, 0.05) is 17.8 Å². The number of rotatable bonds is 2. The van der Waals surface area contributed by atoms with Gasteiger partial charge in [-0.1, -0.05) is 0 Å². The molecule has 0 amide bonds. The molecule has 0 saturated heterocycles. The first-order chi connectivity index (χ1) is 8.78. The molecule has 3 N–H and O–H groups in total. The van der Waals surface area contributed by atoms with Crippen LogP contribution in [0.5, 0.6) is 5.88 Å². The summed E-state index contributed by atoms with van der Waals surface area (Å²) in [7, 11) is 1.57. The van der Waals surface area contributed by atoms with E-state index in [2.05, 4.69) is 24.9 Å². The summed E-state index contributed by atoms with van der Waals surface area (Å²) in [5.41, 5.74) is 7.73. The van der Waals surface area contributed by atoms with Crippen LogP contribution in [0.25, 0.3) is 22.6 Å². The molecule has 7 heteroatoms. The van der Waals surface area contributed by atoms with Crippen LogP contribution in [-0.2, 0) is 0 Å². The average Bonchev–Trinajstić information content (AvgIpc) is 2.84. The fraction of sp³-hybridized carbons (Fsp3) is 0.0909. The summed E-state index contributed by atoms with van der Waals surface area (Å²) in [6.07, 6.45) is 3.05. The van der Waals surface area contributed by atoms with Crippen molar-refractivity contribution in [3.63, 3.8) is 0 Å². The number of pyridine rings is 1. The van der Waals surface area contributed by atoms with Crippen LogP contribution in [0.2, 0.25) is 0 Å². The summed E-state index contributed by atoms with van der Waals surface area (Å²) >= 11 is 0. The molecule has 0 spiro atoms. The van der Waals surface area contributed by atoms with E-state index in [0.717, 1.165) is 5.56 Å². The van der Waals surface area contributed by atoms with E-state index in [1.165, 1.54) is 6.33 Å². The Bertz CT molecular complexity index is 690. The van der Waals surface area contributed by atoms with Crippen molar-refractivity contribution < 1.29 is 4.74 Å². The molecule has 3 heterocycles. The summed E-state index contributed by atoms with van der Waals surface area (Å²) in [4.78, 5) is 19.5. The highest BCUT2D eigenvalue weighted by Crippen LogP contribution is 2.21. The Morgan fingerprint density at radius 2 is 2.11 bits per heavy atom. The summed E-state index contributed by atoms with van der Waals surface area (Å²) in [6.45, 7) is 0. The van der Waals surface area contributed by atoms with Gasteiger partial charge in [0.2, 0.25) is 5.88 Å². The number of ether oxygens (including phenoxy) is 1. The van der Waals surface area contributed by atoms with E-state index in [4.69, 9.17) is 10.5 Å². The molecule has 0 fully saturated rings. The molecular weight excluding hydrogens is 232 g/mol. The summed E-state index contributed by atoms with van der Waals surface area (Å²) in [5, 5.41) is 0. The summed E-state index contributed by atoms with van der Waals surface area (Å²) < 4.78 is 5.00. The average molecular weight is 242 g/mol. The number of nitrogens with two attached hydrogens (primary N) is 1. The number of hydrogen-bond acceptors (Lipinski definition) is 6. The summed E-state index contributed by atoms with van der Waals surface area (Å²) in [5.74, 6) is 1.57. The number of hydrogen-bond donors (Lipinski definition) is 2. The zero-order valence-electron chi connectivity index (χ0n) is 9.58. The molecule has 7 nitrogen and oxygen atoms in total. The molecule has 90 valence electrons. The van der Waals surface area contributed by atoms with Crippen molar-refractivity contribution in [1.82, 2.24) is 24.9 Å². The Labute approximate surface area is 102 Å². The lowest BCUT2D eigenvalue weighted by atomic mass is 10.3. The normalized spacial score (nSPS) is 10.7. The molecule has 0 saturated carbocycles. The highest BCUT2D eigenvalue weighted by molar-refractivity contribution is 5.84. The monoisotopic (exact) mass is 242 g/mol. The molecule has 3 aromatic heterocycles. The SMILES string of the molecule is COc1ccc(-c2nc3ncnc(N)c3[nH]2)cn1. The minimum Gasteiger partial charge on any atom is -0.481 e. The number of nitrogens with one attached hydrogen (secondary N) is 1. The van der Waals surface area contributed by atoms with E-state index in [-0.39, 0.29) is 0 Å². The largest absolute Gasteiger partial charge is 0.481 e. The van der Waals surface area contributed by atoms with Crippen LogP contribution in [0.4, 0.5) is 5.82 Å². The van der Waals surface area contributed by atoms with Gasteiger partial charge in [-0.3, -0.25) is 0 Å². The predicted octanol–water partition coefficient (Wildman–Crippen LogP) is 1.01. The van der Waals surface area contributed by atoms with E-state index in [1.54, 1.807) is 19.4 Å². The molecule has 3 aromatic rings. The van der Waals surface area contributed by atoms with Gasteiger partial charge < -0.3 is 15.5 Å². The molecule has 3 rings (SSSR count). The van der Waals surface area contributed by atoms with Gasteiger partial charge in [-0.25, -0.2) is 19.9 Å². The van der Waals surface area contributed by atoms with Crippen molar-refractivity contribution in [2.45, 2.75) is 0 Å². The second kappa shape index (κ2) is 3.95. The topological polar surface area (TPSA) is 103 Å². The minimum absolute atomic E-state index is 0.375. The van der Waals surface area contributed by atoms with Gasteiger partial charge >= 0.3 is 0 Å². The van der Waals surface area contributed by atoms with Crippen LogP contribution < -0.4 is 10.5 Å². The smallest absolute Gasteiger partial charge is 0.212 e. The number of aromatic nitrogens is 5. The second-order valence-corrected chi connectivity index (χ2v) is 3.63. The van der Waals surface area contributed by atoms with Gasteiger partial charge in [0.25, 0.3) is 0 Å². The third-order valence-electron chi connectivity index (χ3n) is 2.54. The van der Waals surface area contributed by atoms with Gasteiger partial charge in [0.15, 0.2) is 11.5 Å².